The Balaban J connectivity index is 2.31. The van der Waals surface area contributed by atoms with Crippen LogP contribution in [0.2, 0.25) is 0 Å². The third-order valence-electron chi connectivity index (χ3n) is 2.58. The van der Waals surface area contributed by atoms with Gasteiger partial charge in [0.1, 0.15) is 11.9 Å². The largest absolute Gasteiger partial charge is 0.481 e. The minimum Gasteiger partial charge on any atom is -0.481 e. The first-order chi connectivity index (χ1) is 7.97. The first kappa shape index (κ1) is 11.4. The second kappa shape index (κ2) is 4.04. The maximum Gasteiger partial charge on any atom is 0.305 e. The highest BCUT2D eigenvalue weighted by Crippen LogP contribution is 2.29. The number of carboxylic acid groups (broad SMARTS) is 1. The van der Waals surface area contributed by atoms with Gasteiger partial charge in [-0.05, 0) is 24.6 Å². The van der Waals surface area contributed by atoms with Gasteiger partial charge in [0, 0.05) is 0 Å². The van der Waals surface area contributed by atoms with Crippen LogP contribution in [0.25, 0.3) is 0 Å². The Bertz CT molecular complexity index is 502. The van der Waals surface area contributed by atoms with Crippen LogP contribution in [0.15, 0.2) is 12.1 Å². The van der Waals surface area contributed by atoms with Crippen molar-refractivity contribution in [2.24, 2.45) is 0 Å². The van der Waals surface area contributed by atoms with E-state index in [2.05, 4.69) is 10.6 Å². The second-order valence-corrected chi connectivity index (χ2v) is 3.93. The molecule has 0 aliphatic carbocycles. The van der Waals surface area contributed by atoms with E-state index >= 15 is 0 Å². The Kier molecular flexibility index (Phi) is 2.71. The number of fused-ring (bicyclic) bond motifs is 1. The molecule has 2 rings (SSSR count). The smallest absolute Gasteiger partial charge is 0.305 e. The van der Waals surface area contributed by atoms with Crippen molar-refractivity contribution in [2.75, 3.05) is 10.6 Å². The lowest BCUT2D eigenvalue weighted by atomic mass is 10.1. The number of carboxylic acids is 1. The first-order valence-electron chi connectivity index (χ1n) is 5.06. The molecule has 90 valence electrons. The van der Waals surface area contributed by atoms with Crippen molar-refractivity contribution in [3.8, 4) is 0 Å². The van der Waals surface area contributed by atoms with Crippen molar-refractivity contribution in [3.05, 3.63) is 23.5 Å². The van der Waals surface area contributed by atoms with Crippen LogP contribution in [0.1, 0.15) is 12.0 Å². The van der Waals surface area contributed by atoms with Crippen LogP contribution < -0.4 is 10.6 Å². The molecule has 1 aromatic rings. The molecule has 5 nitrogen and oxygen atoms in total. The van der Waals surface area contributed by atoms with Crippen molar-refractivity contribution < 1.29 is 19.1 Å². The number of halogens is 1. The molecular formula is C11H11FN2O3. The highest BCUT2D eigenvalue weighted by Gasteiger charge is 2.27. The molecule has 3 N–H and O–H groups in total. The van der Waals surface area contributed by atoms with Crippen molar-refractivity contribution in [2.45, 2.75) is 19.4 Å². The van der Waals surface area contributed by atoms with Gasteiger partial charge >= 0.3 is 5.97 Å². The van der Waals surface area contributed by atoms with Crippen LogP contribution in [0, 0.1) is 12.7 Å². The Morgan fingerprint density at radius 3 is 2.82 bits per heavy atom. The zero-order chi connectivity index (χ0) is 12.6. The molecule has 0 aromatic heterocycles. The van der Waals surface area contributed by atoms with Gasteiger partial charge in [-0.15, -0.1) is 0 Å². The summed E-state index contributed by atoms with van der Waals surface area (Å²) in [6.45, 7) is 1.60. The van der Waals surface area contributed by atoms with E-state index in [0.29, 0.717) is 16.9 Å². The maximum atomic E-state index is 13.3. The molecule has 0 spiro atoms. The molecule has 0 saturated heterocycles. The van der Waals surface area contributed by atoms with Gasteiger partial charge in [-0.3, -0.25) is 9.59 Å². The van der Waals surface area contributed by atoms with E-state index in [1.54, 1.807) is 13.0 Å². The van der Waals surface area contributed by atoms with E-state index in [4.69, 9.17) is 5.11 Å². The second-order valence-electron chi connectivity index (χ2n) is 3.93. The third-order valence-corrected chi connectivity index (χ3v) is 2.58. The summed E-state index contributed by atoms with van der Waals surface area (Å²) in [5.74, 6) is -1.95. The number of amides is 1. The number of hydrogen-bond acceptors (Lipinski definition) is 3. The van der Waals surface area contributed by atoms with Crippen molar-refractivity contribution in [3.63, 3.8) is 0 Å². The predicted molar refractivity (Wildman–Crippen MR) is 59.4 cm³/mol. The van der Waals surface area contributed by atoms with Gasteiger partial charge < -0.3 is 15.7 Å². The van der Waals surface area contributed by atoms with Gasteiger partial charge in [0.15, 0.2) is 0 Å². The third kappa shape index (κ3) is 2.20. The van der Waals surface area contributed by atoms with Crippen molar-refractivity contribution >= 4 is 23.3 Å². The molecular weight excluding hydrogens is 227 g/mol. The highest BCUT2D eigenvalue weighted by molar-refractivity contribution is 6.04. The topological polar surface area (TPSA) is 78.4 Å². The van der Waals surface area contributed by atoms with Gasteiger partial charge in [0.2, 0.25) is 5.91 Å². The minimum absolute atomic E-state index is 0.318. The van der Waals surface area contributed by atoms with Gasteiger partial charge in [-0.25, -0.2) is 4.39 Å². The fourth-order valence-corrected chi connectivity index (χ4v) is 1.70. The number of carbonyl (C=O) groups excluding carboxylic acids is 1. The number of hydrogen-bond donors (Lipinski definition) is 3. The quantitative estimate of drug-likeness (QED) is 0.726. The normalized spacial score (nSPS) is 18.0. The van der Waals surface area contributed by atoms with Crippen LogP contribution >= 0.6 is 0 Å². The zero-order valence-corrected chi connectivity index (χ0v) is 9.08. The highest BCUT2D eigenvalue weighted by atomic mass is 19.1. The van der Waals surface area contributed by atoms with E-state index in [-0.39, 0.29) is 6.42 Å². The average Bonchev–Trinajstić information content (AvgIpc) is 2.22. The molecule has 17 heavy (non-hydrogen) atoms. The van der Waals surface area contributed by atoms with Crippen LogP contribution in [-0.4, -0.2) is 23.0 Å². The SMILES string of the molecule is Cc1cc2c(cc1F)NC(=O)C(CC(=O)O)N2. The summed E-state index contributed by atoms with van der Waals surface area (Å²) in [6.07, 6.45) is -0.318. The molecule has 0 saturated carbocycles. The van der Waals surface area contributed by atoms with Gasteiger partial charge in [-0.2, -0.15) is 0 Å². The number of aliphatic carboxylic acids is 1. The fraction of sp³-hybridized carbons (Fsp3) is 0.273. The Labute approximate surface area is 96.6 Å². The van der Waals surface area contributed by atoms with Gasteiger partial charge in [0.25, 0.3) is 0 Å². The van der Waals surface area contributed by atoms with Crippen LogP contribution in [-0.2, 0) is 9.59 Å². The molecule has 0 fully saturated rings. The zero-order valence-electron chi connectivity index (χ0n) is 9.08. The van der Waals surface area contributed by atoms with Crippen molar-refractivity contribution in [1.29, 1.82) is 0 Å². The van der Waals surface area contributed by atoms with E-state index in [1.807, 2.05) is 0 Å². The first-order valence-corrected chi connectivity index (χ1v) is 5.06. The molecule has 1 aliphatic heterocycles. The van der Waals surface area contributed by atoms with Gasteiger partial charge in [0.05, 0.1) is 17.8 Å². The molecule has 1 aliphatic rings. The lowest BCUT2D eigenvalue weighted by Crippen LogP contribution is -2.40. The number of rotatable bonds is 2. The summed E-state index contributed by atoms with van der Waals surface area (Å²) in [7, 11) is 0. The fourth-order valence-electron chi connectivity index (χ4n) is 1.70. The summed E-state index contributed by atoms with van der Waals surface area (Å²) in [6, 6.07) is 1.93. The number of anilines is 2. The number of aryl methyl sites for hydroxylation is 1. The van der Waals surface area contributed by atoms with E-state index in [1.165, 1.54) is 6.07 Å². The maximum absolute atomic E-state index is 13.3. The molecule has 1 unspecified atom stereocenters. The summed E-state index contributed by atoms with van der Waals surface area (Å²) in [5.41, 5.74) is 1.30. The summed E-state index contributed by atoms with van der Waals surface area (Å²) in [4.78, 5) is 22.1. The summed E-state index contributed by atoms with van der Waals surface area (Å²) in [5, 5.41) is 13.9. The minimum atomic E-state index is -1.07. The van der Waals surface area contributed by atoms with Crippen LogP contribution in [0.5, 0.6) is 0 Å². The number of nitrogens with one attached hydrogen (secondary N) is 2. The number of benzene rings is 1. The standard InChI is InChI=1S/C11H11FN2O3/c1-5-2-7-8(3-6(5)12)14-11(17)9(13-7)4-10(15)16/h2-3,9,13H,4H2,1H3,(H,14,17)(H,15,16). The monoisotopic (exact) mass is 238 g/mol. The van der Waals surface area contributed by atoms with Crippen molar-refractivity contribution in [1.82, 2.24) is 0 Å². The molecule has 1 amide bonds. The lowest BCUT2D eigenvalue weighted by molar-refractivity contribution is -0.138. The molecule has 6 heteroatoms. The van der Waals surface area contributed by atoms with E-state index < -0.39 is 23.7 Å². The van der Waals surface area contributed by atoms with Crippen LogP contribution in [0.3, 0.4) is 0 Å². The van der Waals surface area contributed by atoms with E-state index in [9.17, 15) is 14.0 Å². The Morgan fingerprint density at radius 1 is 1.47 bits per heavy atom. The Morgan fingerprint density at radius 2 is 2.18 bits per heavy atom. The van der Waals surface area contributed by atoms with Crippen LogP contribution in [0.4, 0.5) is 15.8 Å². The summed E-state index contributed by atoms with van der Waals surface area (Å²) >= 11 is 0. The predicted octanol–water partition coefficient (Wildman–Crippen LogP) is 1.34. The number of carbonyl (C=O) groups is 2. The lowest BCUT2D eigenvalue weighted by Gasteiger charge is -2.26. The molecule has 0 radical (unpaired) electrons. The molecule has 1 atom stereocenters. The molecule has 0 bridgehead atoms. The average molecular weight is 238 g/mol. The van der Waals surface area contributed by atoms with Gasteiger partial charge in [-0.1, -0.05) is 0 Å². The molecule has 1 heterocycles. The van der Waals surface area contributed by atoms with E-state index in [0.717, 1.165) is 0 Å². The Hall–Kier alpha value is -2.11. The summed E-state index contributed by atoms with van der Waals surface area (Å²) < 4.78 is 13.3. The molecule has 1 aromatic carbocycles.